The van der Waals surface area contributed by atoms with Crippen molar-refractivity contribution < 1.29 is 4.79 Å². The van der Waals surface area contributed by atoms with Gasteiger partial charge in [0.05, 0.1) is 11.4 Å². The van der Waals surface area contributed by atoms with Crippen molar-refractivity contribution in [2.75, 3.05) is 0 Å². The smallest absolute Gasteiger partial charge is 0.266 e. The second-order valence-corrected chi connectivity index (χ2v) is 6.09. The fourth-order valence-corrected chi connectivity index (χ4v) is 3.18. The third-order valence-corrected chi connectivity index (χ3v) is 4.30. The van der Waals surface area contributed by atoms with E-state index in [-0.39, 0.29) is 5.91 Å². The van der Waals surface area contributed by atoms with E-state index in [4.69, 9.17) is 12.2 Å². The fourth-order valence-electron chi connectivity index (χ4n) is 1.92. The number of hydrogen-bond acceptors (Lipinski definition) is 5. The average molecular weight is 313 g/mol. The number of pyridine rings is 2. The minimum Gasteiger partial charge on any atom is -0.288 e. The summed E-state index contributed by atoms with van der Waals surface area (Å²) in [6.07, 6.45) is 8.67. The van der Waals surface area contributed by atoms with Crippen molar-refractivity contribution in [1.82, 2.24) is 14.9 Å². The molecule has 104 valence electrons. The van der Waals surface area contributed by atoms with Gasteiger partial charge in [-0.15, -0.1) is 0 Å². The summed E-state index contributed by atoms with van der Waals surface area (Å²) < 4.78 is 0.569. The van der Waals surface area contributed by atoms with Gasteiger partial charge in [0.2, 0.25) is 0 Å². The summed E-state index contributed by atoms with van der Waals surface area (Å²) in [6.45, 7) is 0.447. The Morgan fingerprint density at radius 2 is 1.95 bits per heavy atom. The molecule has 0 bridgehead atoms. The fraction of sp³-hybridized carbons (Fsp3) is 0.0667. The summed E-state index contributed by atoms with van der Waals surface area (Å²) >= 11 is 6.62. The normalized spacial score (nSPS) is 16.8. The van der Waals surface area contributed by atoms with E-state index in [1.807, 2.05) is 30.3 Å². The van der Waals surface area contributed by atoms with Crippen LogP contribution in [0.4, 0.5) is 0 Å². The number of thioether (sulfide) groups is 1. The Bertz CT molecular complexity index is 701. The zero-order valence-electron chi connectivity index (χ0n) is 11.0. The number of rotatable bonds is 3. The van der Waals surface area contributed by atoms with Crippen molar-refractivity contribution in [3.05, 3.63) is 65.1 Å². The Labute approximate surface area is 131 Å². The lowest BCUT2D eigenvalue weighted by Gasteiger charge is -2.13. The van der Waals surface area contributed by atoms with Gasteiger partial charge >= 0.3 is 0 Å². The van der Waals surface area contributed by atoms with Crippen LogP contribution in [0.3, 0.4) is 0 Å². The molecule has 2 aromatic rings. The molecule has 1 saturated heterocycles. The molecule has 0 radical (unpaired) electrons. The maximum absolute atomic E-state index is 12.4. The van der Waals surface area contributed by atoms with Crippen molar-refractivity contribution >= 4 is 40.3 Å². The maximum atomic E-state index is 12.4. The van der Waals surface area contributed by atoms with Gasteiger partial charge in [0, 0.05) is 24.8 Å². The molecule has 0 atom stereocenters. The first-order valence-corrected chi connectivity index (χ1v) is 7.51. The molecule has 4 nitrogen and oxygen atoms in total. The molecule has 1 aliphatic rings. The Kier molecular flexibility index (Phi) is 4.08. The Balaban J connectivity index is 1.81. The standard InChI is InChI=1S/C15H11N3OS2/c19-14-13(7-11-3-1-5-16-8-11)21-15(20)18(14)10-12-4-2-6-17-9-12/h1-9H,10H2/b13-7-. The van der Waals surface area contributed by atoms with Crippen LogP contribution in [0.25, 0.3) is 6.08 Å². The lowest BCUT2D eigenvalue weighted by atomic mass is 10.2. The van der Waals surface area contributed by atoms with Crippen LogP contribution in [0.5, 0.6) is 0 Å². The van der Waals surface area contributed by atoms with Gasteiger partial charge in [-0.25, -0.2) is 0 Å². The molecule has 3 rings (SSSR count). The van der Waals surface area contributed by atoms with Crippen LogP contribution in [0.15, 0.2) is 54.0 Å². The van der Waals surface area contributed by atoms with Crippen LogP contribution in [-0.4, -0.2) is 25.1 Å². The lowest BCUT2D eigenvalue weighted by Crippen LogP contribution is -2.27. The molecular formula is C15H11N3OS2. The van der Waals surface area contributed by atoms with E-state index in [9.17, 15) is 4.79 Å². The quantitative estimate of drug-likeness (QED) is 0.644. The number of nitrogens with zero attached hydrogens (tertiary/aromatic N) is 3. The number of carbonyl (C=O) groups excluding carboxylic acids is 1. The molecule has 3 heterocycles. The summed E-state index contributed by atoms with van der Waals surface area (Å²) in [5.41, 5.74) is 1.84. The molecule has 0 spiro atoms. The SMILES string of the molecule is O=C1/C(=C/c2cccnc2)SC(=S)N1Cc1cccnc1. The average Bonchev–Trinajstić information content (AvgIpc) is 2.77. The molecule has 2 aromatic heterocycles. The molecule has 6 heteroatoms. The molecule has 0 saturated carbocycles. The Hall–Kier alpha value is -2.05. The van der Waals surface area contributed by atoms with Gasteiger partial charge in [0.15, 0.2) is 0 Å². The Morgan fingerprint density at radius 1 is 1.19 bits per heavy atom. The van der Waals surface area contributed by atoms with Crippen LogP contribution in [-0.2, 0) is 11.3 Å². The number of carbonyl (C=O) groups is 1. The minimum atomic E-state index is -0.0716. The van der Waals surface area contributed by atoms with E-state index < -0.39 is 0 Å². The number of amides is 1. The topological polar surface area (TPSA) is 46.1 Å². The minimum absolute atomic E-state index is 0.0716. The first-order valence-electron chi connectivity index (χ1n) is 6.28. The van der Waals surface area contributed by atoms with E-state index in [0.717, 1.165) is 11.1 Å². The highest BCUT2D eigenvalue weighted by Gasteiger charge is 2.31. The zero-order chi connectivity index (χ0) is 14.7. The summed E-state index contributed by atoms with van der Waals surface area (Å²) in [5, 5.41) is 0. The molecule has 0 aliphatic carbocycles. The molecule has 1 amide bonds. The van der Waals surface area contributed by atoms with E-state index >= 15 is 0 Å². The molecule has 0 N–H and O–H groups in total. The predicted molar refractivity (Wildman–Crippen MR) is 87.2 cm³/mol. The zero-order valence-corrected chi connectivity index (χ0v) is 12.6. The van der Waals surface area contributed by atoms with E-state index in [1.165, 1.54) is 11.8 Å². The van der Waals surface area contributed by atoms with Crippen LogP contribution in [0.2, 0.25) is 0 Å². The molecular weight excluding hydrogens is 302 g/mol. The molecule has 1 aliphatic heterocycles. The van der Waals surface area contributed by atoms with Gasteiger partial charge in [0.25, 0.3) is 5.91 Å². The van der Waals surface area contributed by atoms with E-state index in [1.54, 1.807) is 29.7 Å². The second kappa shape index (κ2) is 6.15. The van der Waals surface area contributed by atoms with Crippen molar-refractivity contribution in [3.8, 4) is 0 Å². The summed E-state index contributed by atoms with van der Waals surface area (Å²) in [4.78, 5) is 22.7. The summed E-state index contributed by atoms with van der Waals surface area (Å²) in [7, 11) is 0. The van der Waals surface area contributed by atoms with Crippen LogP contribution >= 0.6 is 24.0 Å². The van der Waals surface area contributed by atoms with Gasteiger partial charge in [-0.05, 0) is 29.3 Å². The predicted octanol–water partition coefficient (Wildman–Crippen LogP) is 2.88. The monoisotopic (exact) mass is 313 g/mol. The maximum Gasteiger partial charge on any atom is 0.266 e. The highest BCUT2D eigenvalue weighted by Crippen LogP contribution is 2.33. The molecule has 0 unspecified atom stereocenters. The van der Waals surface area contributed by atoms with Gasteiger partial charge in [-0.3, -0.25) is 19.7 Å². The first-order chi connectivity index (χ1) is 10.2. The van der Waals surface area contributed by atoms with Crippen LogP contribution in [0.1, 0.15) is 11.1 Å². The largest absolute Gasteiger partial charge is 0.288 e. The number of thiocarbonyl (C=S) groups is 1. The highest BCUT2D eigenvalue weighted by atomic mass is 32.2. The highest BCUT2D eigenvalue weighted by molar-refractivity contribution is 8.26. The summed E-state index contributed by atoms with van der Waals surface area (Å²) in [5.74, 6) is -0.0716. The third kappa shape index (κ3) is 3.17. The van der Waals surface area contributed by atoms with Crippen molar-refractivity contribution in [2.45, 2.75) is 6.54 Å². The van der Waals surface area contributed by atoms with E-state index in [2.05, 4.69) is 9.97 Å². The van der Waals surface area contributed by atoms with Gasteiger partial charge in [0.1, 0.15) is 4.32 Å². The molecule has 21 heavy (non-hydrogen) atoms. The van der Waals surface area contributed by atoms with E-state index in [0.29, 0.717) is 15.8 Å². The van der Waals surface area contributed by atoms with Crippen LogP contribution < -0.4 is 0 Å². The number of hydrogen-bond donors (Lipinski definition) is 0. The van der Waals surface area contributed by atoms with Gasteiger partial charge < -0.3 is 0 Å². The molecule has 0 aromatic carbocycles. The van der Waals surface area contributed by atoms with Crippen molar-refractivity contribution in [2.24, 2.45) is 0 Å². The first kappa shape index (κ1) is 13.9. The van der Waals surface area contributed by atoms with Gasteiger partial charge in [-0.1, -0.05) is 36.1 Å². The van der Waals surface area contributed by atoms with Crippen LogP contribution in [0, 0.1) is 0 Å². The molecule has 1 fully saturated rings. The van der Waals surface area contributed by atoms with Gasteiger partial charge in [-0.2, -0.15) is 0 Å². The third-order valence-electron chi connectivity index (χ3n) is 2.92. The lowest BCUT2D eigenvalue weighted by molar-refractivity contribution is -0.122. The summed E-state index contributed by atoms with van der Waals surface area (Å²) in [6, 6.07) is 7.51. The van der Waals surface area contributed by atoms with Crippen molar-refractivity contribution in [1.29, 1.82) is 0 Å². The number of aromatic nitrogens is 2. The second-order valence-electron chi connectivity index (χ2n) is 4.42. The Morgan fingerprint density at radius 3 is 2.62 bits per heavy atom. The van der Waals surface area contributed by atoms with Crippen molar-refractivity contribution in [3.63, 3.8) is 0 Å².